The monoisotopic (exact) mass is 817 g/mol. The largest absolute Gasteiger partial charge is 0.310 e. The van der Waals surface area contributed by atoms with Crippen LogP contribution >= 0.6 is 0 Å². The third-order valence-corrected chi connectivity index (χ3v) is 13.0. The molecular formula is C61H43N3. The fourth-order valence-corrected chi connectivity index (χ4v) is 10.5. The van der Waals surface area contributed by atoms with Crippen LogP contribution in [-0.4, -0.2) is 4.57 Å². The maximum absolute atomic E-state index is 2.49. The summed E-state index contributed by atoms with van der Waals surface area (Å²) < 4.78 is 2.44. The summed E-state index contributed by atoms with van der Waals surface area (Å²) in [5.74, 6) is 0. The van der Waals surface area contributed by atoms with Crippen LogP contribution in [0.4, 0.5) is 34.1 Å². The average molecular weight is 818 g/mol. The number of hydrogen-bond donors (Lipinski definition) is 0. The molecule has 3 nitrogen and oxygen atoms in total. The van der Waals surface area contributed by atoms with Crippen LogP contribution in [0.15, 0.2) is 261 Å². The van der Waals surface area contributed by atoms with Gasteiger partial charge in [-0.2, -0.15) is 0 Å². The maximum Gasteiger partial charge on any atom is 0.0714 e. The van der Waals surface area contributed by atoms with Gasteiger partial charge in [0.05, 0.1) is 33.5 Å². The van der Waals surface area contributed by atoms with E-state index in [4.69, 9.17) is 0 Å². The zero-order valence-electron chi connectivity index (χ0n) is 35.2. The van der Waals surface area contributed by atoms with E-state index in [1.165, 1.54) is 44.2 Å². The smallest absolute Gasteiger partial charge is 0.0714 e. The molecule has 64 heavy (non-hydrogen) atoms. The Kier molecular flexibility index (Phi) is 9.05. The van der Waals surface area contributed by atoms with Gasteiger partial charge in [-0.05, 0) is 101 Å². The van der Waals surface area contributed by atoms with E-state index >= 15 is 0 Å². The summed E-state index contributed by atoms with van der Waals surface area (Å²) >= 11 is 0. The third kappa shape index (κ3) is 5.82. The summed E-state index contributed by atoms with van der Waals surface area (Å²) in [6.07, 6.45) is 0. The fourth-order valence-electron chi connectivity index (χ4n) is 10.5. The van der Waals surface area contributed by atoms with Crippen molar-refractivity contribution in [3.8, 4) is 16.8 Å². The number of hydrogen-bond acceptors (Lipinski definition) is 2. The van der Waals surface area contributed by atoms with Crippen molar-refractivity contribution in [2.75, 3.05) is 9.80 Å². The Hall–Kier alpha value is -8.40. The fraction of sp³-hybridized carbons (Fsp3) is 0.0164. The van der Waals surface area contributed by atoms with Gasteiger partial charge in [0.2, 0.25) is 0 Å². The van der Waals surface area contributed by atoms with Crippen molar-refractivity contribution in [3.63, 3.8) is 0 Å². The van der Waals surface area contributed by atoms with Gasteiger partial charge >= 0.3 is 0 Å². The molecule has 0 N–H and O–H groups in total. The summed E-state index contributed by atoms with van der Waals surface area (Å²) in [6.45, 7) is 0. The number of nitrogens with zero attached hydrogens (tertiary/aromatic N) is 3. The SMILES string of the molecule is c1ccc(N(c2cc(N(c3ccccc3)c3ccccc3)c3c4ccccc4n(-c4ccccc4)c3c2)c2cccc3c2-c2ccccc2C3(c2ccccc2)c2ccccc2)cc1. The number of anilines is 6. The Balaban J connectivity index is 1.22. The van der Waals surface area contributed by atoms with Crippen molar-refractivity contribution in [1.29, 1.82) is 0 Å². The summed E-state index contributed by atoms with van der Waals surface area (Å²) in [4.78, 5) is 4.92. The minimum absolute atomic E-state index is 0.543. The molecule has 0 aliphatic heterocycles. The molecule has 12 rings (SSSR count). The van der Waals surface area contributed by atoms with E-state index in [-0.39, 0.29) is 0 Å². The first-order valence-electron chi connectivity index (χ1n) is 22.0. The molecule has 0 unspecified atom stereocenters. The summed E-state index contributed by atoms with van der Waals surface area (Å²) in [7, 11) is 0. The molecule has 302 valence electrons. The second kappa shape index (κ2) is 15.5. The van der Waals surface area contributed by atoms with Crippen molar-refractivity contribution >= 4 is 55.9 Å². The molecule has 0 saturated carbocycles. The maximum atomic E-state index is 2.49. The van der Waals surface area contributed by atoms with E-state index in [0.29, 0.717) is 0 Å². The molecule has 0 bridgehead atoms. The molecule has 1 aliphatic carbocycles. The zero-order valence-corrected chi connectivity index (χ0v) is 35.2. The van der Waals surface area contributed by atoms with Gasteiger partial charge in [-0.25, -0.2) is 0 Å². The van der Waals surface area contributed by atoms with Crippen LogP contribution in [0.2, 0.25) is 0 Å². The molecule has 1 aliphatic rings. The molecule has 0 radical (unpaired) electrons. The summed E-state index contributed by atoms with van der Waals surface area (Å²) in [5.41, 5.74) is 16.8. The minimum Gasteiger partial charge on any atom is -0.310 e. The summed E-state index contributed by atoms with van der Waals surface area (Å²) in [6, 6.07) is 95.0. The van der Waals surface area contributed by atoms with Gasteiger partial charge < -0.3 is 14.4 Å². The standard InChI is InChI=1S/C61H43N3/c1-7-24-44(25-8-1)61(45-26-9-2-10-27-45)53-38-21-19-36-51(53)59-54(61)39-23-41-56(59)63(48-32-15-5-16-33-48)50-42-57(62(46-28-11-3-12-29-46)47-30-13-4-14-31-47)60-52-37-20-22-40-55(52)64(58(60)43-50)49-34-17-6-18-35-49/h1-43H. The molecule has 0 saturated heterocycles. The average Bonchev–Trinajstić information content (AvgIpc) is 3.87. The number of para-hydroxylation sites is 5. The van der Waals surface area contributed by atoms with E-state index in [1.54, 1.807) is 0 Å². The predicted octanol–water partition coefficient (Wildman–Crippen LogP) is 16.1. The van der Waals surface area contributed by atoms with Crippen molar-refractivity contribution in [3.05, 3.63) is 283 Å². The van der Waals surface area contributed by atoms with Crippen LogP contribution in [0, 0.1) is 0 Å². The van der Waals surface area contributed by atoms with Gasteiger partial charge in [-0.1, -0.05) is 188 Å². The topological polar surface area (TPSA) is 11.4 Å². The molecular weight excluding hydrogens is 775 g/mol. The van der Waals surface area contributed by atoms with Crippen LogP contribution in [-0.2, 0) is 5.41 Å². The first kappa shape index (κ1) is 37.4. The van der Waals surface area contributed by atoms with Crippen molar-refractivity contribution in [2.24, 2.45) is 0 Å². The Bertz CT molecular complexity index is 3340. The molecule has 0 atom stereocenters. The molecule has 1 aromatic heterocycles. The lowest BCUT2D eigenvalue weighted by atomic mass is 9.68. The number of fused-ring (bicyclic) bond motifs is 6. The minimum atomic E-state index is -0.543. The van der Waals surface area contributed by atoms with E-state index in [9.17, 15) is 0 Å². The van der Waals surface area contributed by atoms with Crippen molar-refractivity contribution in [2.45, 2.75) is 5.41 Å². The van der Waals surface area contributed by atoms with Gasteiger partial charge in [-0.15, -0.1) is 0 Å². The second-order valence-electron chi connectivity index (χ2n) is 16.5. The Morgan fingerprint density at radius 3 is 1.39 bits per heavy atom. The molecule has 10 aromatic carbocycles. The normalized spacial score (nSPS) is 12.5. The summed E-state index contributed by atoms with van der Waals surface area (Å²) in [5, 5.41) is 2.37. The predicted molar refractivity (Wildman–Crippen MR) is 267 cm³/mol. The van der Waals surface area contributed by atoms with Crippen molar-refractivity contribution < 1.29 is 0 Å². The van der Waals surface area contributed by atoms with Gasteiger partial charge in [0, 0.05) is 39.1 Å². The lowest BCUT2D eigenvalue weighted by molar-refractivity contribution is 0.768. The Morgan fingerprint density at radius 2 is 0.797 bits per heavy atom. The highest BCUT2D eigenvalue weighted by atomic mass is 15.2. The highest BCUT2D eigenvalue weighted by molar-refractivity contribution is 6.18. The van der Waals surface area contributed by atoms with E-state index in [2.05, 4.69) is 275 Å². The number of aromatic nitrogens is 1. The Morgan fingerprint density at radius 1 is 0.328 bits per heavy atom. The molecule has 1 heterocycles. The van der Waals surface area contributed by atoms with E-state index in [1.807, 2.05) is 0 Å². The number of rotatable bonds is 9. The molecule has 0 fully saturated rings. The first-order chi connectivity index (χ1) is 31.8. The van der Waals surface area contributed by atoms with Crippen LogP contribution in [0.1, 0.15) is 22.3 Å². The lowest BCUT2D eigenvalue weighted by Gasteiger charge is -2.34. The van der Waals surface area contributed by atoms with Gasteiger partial charge in [0.25, 0.3) is 0 Å². The lowest BCUT2D eigenvalue weighted by Crippen LogP contribution is -2.28. The zero-order chi connectivity index (χ0) is 42.5. The van der Waals surface area contributed by atoms with Crippen LogP contribution < -0.4 is 9.80 Å². The first-order valence-corrected chi connectivity index (χ1v) is 22.0. The van der Waals surface area contributed by atoms with Crippen LogP contribution in [0.3, 0.4) is 0 Å². The Labute approximate surface area is 374 Å². The molecule has 0 spiro atoms. The quantitative estimate of drug-likeness (QED) is 0.144. The van der Waals surface area contributed by atoms with Gasteiger partial charge in [0.15, 0.2) is 0 Å². The molecule has 11 aromatic rings. The van der Waals surface area contributed by atoms with E-state index < -0.39 is 5.41 Å². The second-order valence-corrected chi connectivity index (χ2v) is 16.5. The highest BCUT2D eigenvalue weighted by Gasteiger charge is 2.47. The van der Waals surface area contributed by atoms with Crippen LogP contribution in [0.5, 0.6) is 0 Å². The molecule has 3 heteroatoms. The van der Waals surface area contributed by atoms with Gasteiger partial charge in [0.1, 0.15) is 0 Å². The highest BCUT2D eigenvalue weighted by Crippen LogP contribution is 2.60. The van der Waals surface area contributed by atoms with Crippen molar-refractivity contribution in [1.82, 2.24) is 4.57 Å². The van der Waals surface area contributed by atoms with Gasteiger partial charge in [-0.3, -0.25) is 0 Å². The third-order valence-electron chi connectivity index (χ3n) is 13.0. The van der Waals surface area contributed by atoms with Crippen LogP contribution in [0.25, 0.3) is 38.6 Å². The van der Waals surface area contributed by atoms with E-state index in [0.717, 1.165) is 50.8 Å². The molecule has 0 amide bonds. The number of benzene rings is 10.